The van der Waals surface area contributed by atoms with E-state index in [0.29, 0.717) is 0 Å². The van der Waals surface area contributed by atoms with Crippen molar-refractivity contribution in [3.63, 3.8) is 0 Å². The van der Waals surface area contributed by atoms with Gasteiger partial charge in [-0.1, -0.05) is 13.8 Å². The highest BCUT2D eigenvalue weighted by atomic mass is 35.5. The lowest BCUT2D eigenvalue weighted by Crippen LogP contribution is -2.49. The highest BCUT2D eigenvalue weighted by molar-refractivity contribution is 6.21. The van der Waals surface area contributed by atoms with Crippen LogP contribution in [0.2, 0.25) is 0 Å². The molecule has 2 nitrogen and oxygen atoms in total. The minimum Gasteiger partial charge on any atom is -0.233 e. The van der Waals surface area contributed by atoms with Gasteiger partial charge in [0.1, 0.15) is 5.60 Å². The molecule has 14 heavy (non-hydrogen) atoms. The number of rotatable bonds is 0. The minimum absolute atomic E-state index is 0.0886. The van der Waals surface area contributed by atoms with Crippen molar-refractivity contribution in [3.05, 3.63) is 0 Å². The van der Waals surface area contributed by atoms with E-state index < -0.39 is 0 Å². The Morgan fingerprint density at radius 2 is 1.71 bits per heavy atom. The highest BCUT2D eigenvalue weighted by Crippen LogP contribution is 2.43. The standard InChI is InChI=1S/C11H21ClO2/c1-8-6-7-9(12)10(2,3)11(4,5)14-13-8/h8-9H,6-7H2,1-5H3. The van der Waals surface area contributed by atoms with Crippen LogP contribution in [0, 0.1) is 5.41 Å². The van der Waals surface area contributed by atoms with Crippen molar-refractivity contribution >= 4 is 11.6 Å². The third kappa shape index (κ3) is 2.23. The molecule has 0 spiro atoms. The van der Waals surface area contributed by atoms with Gasteiger partial charge in [0, 0.05) is 10.8 Å². The molecule has 0 aromatic heterocycles. The van der Waals surface area contributed by atoms with Crippen LogP contribution in [-0.4, -0.2) is 17.1 Å². The molecule has 0 N–H and O–H groups in total. The average molecular weight is 221 g/mol. The maximum Gasteiger partial charge on any atom is 0.104 e. The summed E-state index contributed by atoms with van der Waals surface area (Å²) in [5, 5.41) is 0.129. The predicted octanol–water partition coefficient (Wildman–Crippen LogP) is 3.53. The van der Waals surface area contributed by atoms with Gasteiger partial charge in [0.2, 0.25) is 0 Å². The summed E-state index contributed by atoms with van der Waals surface area (Å²) in [4.78, 5) is 10.8. The van der Waals surface area contributed by atoms with E-state index in [0.717, 1.165) is 12.8 Å². The monoisotopic (exact) mass is 220 g/mol. The van der Waals surface area contributed by atoms with Crippen molar-refractivity contribution < 1.29 is 9.78 Å². The fraction of sp³-hybridized carbons (Fsp3) is 1.00. The molecule has 0 saturated carbocycles. The SMILES string of the molecule is CC1CCC(Cl)C(C)(C)C(C)(C)OO1. The van der Waals surface area contributed by atoms with E-state index in [1.165, 1.54) is 0 Å². The van der Waals surface area contributed by atoms with Crippen LogP contribution in [0.3, 0.4) is 0 Å². The molecular formula is C11H21ClO2. The van der Waals surface area contributed by atoms with E-state index in [-0.39, 0.29) is 22.5 Å². The normalized spacial score (nSPS) is 37.3. The lowest BCUT2D eigenvalue weighted by atomic mass is 9.73. The Hall–Kier alpha value is 0.210. The summed E-state index contributed by atoms with van der Waals surface area (Å²) in [6.07, 6.45) is 2.06. The first-order chi connectivity index (χ1) is 6.27. The maximum absolute atomic E-state index is 6.40. The smallest absolute Gasteiger partial charge is 0.104 e. The van der Waals surface area contributed by atoms with Gasteiger partial charge in [0.25, 0.3) is 0 Å². The molecule has 3 heteroatoms. The largest absolute Gasteiger partial charge is 0.233 e. The van der Waals surface area contributed by atoms with Crippen molar-refractivity contribution in [1.29, 1.82) is 0 Å². The fourth-order valence-corrected chi connectivity index (χ4v) is 1.87. The summed E-state index contributed by atoms with van der Waals surface area (Å²) in [5.74, 6) is 0. The fourth-order valence-electron chi connectivity index (χ4n) is 1.48. The van der Waals surface area contributed by atoms with E-state index in [2.05, 4.69) is 13.8 Å². The van der Waals surface area contributed by atoms with Crippen molar-refractivity contribution in [2.75, 3.05) is 0 Å². The summed E-state index contributed by atoms with van der Waals surface area (Å²) >= 11 is 6.40. The number of halogens is 1. The molecule has 1 rings (SSSR count). The summed E-state index contributed by atoms with van der Waals surface area (Å²) in [5.41, 5.74) is -0.442. The van der Waals surface area contributed by atoms with Crippen LogP contribution >= 0.6 is 11.6 Å². The third-order valence-electron chi connectivity index (χ3n) is 3.58. The zero-order valence-electron chi connectivity index (χ0n) is 9.76. The van der Waals surface area contributed by atoms with E-state index in [4.69, 9.17) is 21.4 Å². The lowest BCUT2D eigenvalue weighted by Gasteiger charge is -2.45. The molecule has 1 saturated heterocycles. The van der Waals surface area contributed by atoms with Crippen LogP contribution in [0.25, 0.3) is 0 Å². The first kappa shape index (κ1) is 12.3. The summed E-state index contributed by atoms with van der Waals surface area (Å²) in [7, 11) is 0. The number of hydrogen-bond acceptors (Lipinski definition) is 2. The molecule has 1 aliphatic heterocycles. The Labute approximate surface area is 91.8 Å². The van der Waals surface area contributed by atoms with Gasteiger partial charge in [0.15, 0.2) is 0 Å². The lowest BCUT2D eigenvalue weighted by molar-refractivity contribution is -0.399. The first-order valence-corrected chi connectivity index (χ1v) is 5.69. The molecule has 2 atom stereocenters. The second-order valence-electron chi connectivity index (χ2n) is 5.27. The van der Waals surface area contributed by atoms with Crippen LogP contribution in [0.15, 0.2) is 0 Å². The first-order valence-electron chi connectivity index (χ1n) is 5.26. The van der Waals surface area contributed by atoms with Gasteiger partial charge < -0.3 is 0 Å². The van der Waals surface area contributed by atoms with Gasteiger partial charge >= 0.3 is 0 Å². The Bertz CT molecular complexity index is 201. The van der Waals surface area contributed by atoms with Gasteiger partial charge in [-0.15, -0.1) is 11.6 Å². The van der Waals surface area contributed by atoms with Gasteiger partial charge in [0.05, 0.1) is 6.10 Å². The molecular weight excluding hydrogens is 200 g/mol. The summed E-state index contributed by atoms with van der Waals surface area (Å²) < 4.78 is 0. The van der Waals surface area contributed by atoms with Gasteiger partial charge in [-0.25, -0.2) is 9.78 Å². The highest BCUT2D eigenvalue weighted by Gasteiger charge is 2.45. The van der Waals surface area contributed by atoms with Gasteiger partial charge in [-0.05, 0) is 33.6 Å². The van der Waals surface area contributed by atoms with Crippen molar-refractivity contribution in [3.8, 4) is 0 Å². The average Bonchev–Trinajstić information content (AvgIpc) is 2.09. The van der Waals surface area contributed by atoms with Crippen molar-refractivity contribution in [2.45, 2.75) is 64.5 Å². The maximum atomic E-state index is 6.40. The van der Waals surface area contributed by atoms with Crippen LogP contribution in [0.4, 0.5) is 0 Å². The predicted molar refractivity (Wildman–Crippen MR) is 58.4 cm³/mol. The van der Waals surface area contributed by atoms with Crippen LogP contribution in [-0.2, 0) is 9.78 Å². The second-order valence-corrected chi connectivity index (χ2v) is 5.79. The molecule has 1 fully saturated rings. The van der Waals surface area contributed by atoms with E-state index in [1.54, 1.807) is 0 Å². The summed E-state index contributed by atoms with van der Waals surface area (Å²) in [6.45, 7) is 10.3. The summed E-state index contributed by atoms with van der Waals surface area (Å²) in [6, 6.07) is 0. The Morgan fingerprint density at radius 3 is 2.29 bits per heavy atom. The third-order valence-corrected chi connectivity index (χ3v) is 4.35. The molecule has 0 aromatic carbocycles. The number of alkyl halides is 1. The zero-order chi connectivity index (χ0) is 11.0. The molecule has 2 unspecified atom stereocenters. The van der Waals surface area contributed by atoms with E-state index >= 15 is 0 Å². The van der Waals surface area contributed by atoms with Crippen molar-refractivity contribution in [1.82, 2.24) is 0 Å². The quantitative estimate of drug-likeness (QED) is 0.459. The van der Waals surface area contributed by atoms with Crippen LogP contribution < -0.4 is 0 Å². The Morgan fingerprint density at radius 1 is 1.14 bits per heavy atom. The molecule has 84 valence electrons. The van der Waals surface area contributed by atoms with Crippen molar-refractivity contribution in [2.24, 2.45) is 5.41 Å². The number of hydrogen-bond donors (Lipinski definition) is 0. The van der Waals surface area contributed by atoms with Crippen LogP contribution in [0.1, 0.15) is 47.5 Å². The van der Waals surface area contributed by atoms with Crippen LogP contribution in [0.5, 0.6) is 0 Å². The van der Waals surface area contributed by atoms with Gasteiger partial charge in [-0.2, -0.15) is 0 Å². The minimum atomic E-state index is -0.353. The topological polar surface area (TPSA) is 18.5 Å². The molecule has 0 bridgehead atoms. The molecule has 0 aromatic rings. The molecule has 0 amide bonds. The zero-order valence-corrected chi connectivity index (χ0v) is 10.5. The Balaban J connectivity index is 2.83. The van der Waals surface area contributed by atoms with E-state index in [9.17, 15) is 0 Å². The van der Waals surface area contributed by atoms with Gasteiger partial charge in [-0.3, -0.25) is 0 Å². The molecule has 1 heterocycles. The Kier molecular flexibility index (Phi) is 3.50. The second kappa shape index (κ2) is 3.99. The molecule has 0 aliphatic carbocycles. The van der Waals surface area contributed by atoms with E-state index in [1.807, 2.05) is 20.8 Å². The molecule has 0 radical (unpaired) electrons. The molecule has 1 aliphatic rings.